The molecule has 0 aliphatic carbocycles. The first-order valence-electron chi connectivity index (χ1n) is 12.3. The van der Waals surface area contributed by atoms with Gasteiger partial charge >= 0.3 is 5.97 Å². The van der Waals surface area contributed by atoms with Gasteiger partial charge in [0.15, 0.2) is 0 Å². The van der Waals surface area contributed by atoms with Crippen molar-refractivity contribution in [2.24, 2.45) is 0 Å². The number of piperidine rings is 1. The highest BCUT2D eigenvalue weighted by Gasteiger charge is 2.40. The van der Waals surface area contributed by atoms with Crippen LogP contribution in [0.3, 0.4) is 0 Å². The van der Waals surface area contributed by atoms with Crippen molar-refractivity contribution in [3.05, 3.63) is 46.2 Å². The van der Waals surface area contributed by atoms with Gasteiger partial charge in [-0.3, -0.25) is 19.3 Å². The summed E-state index contributed by atoms with van der Waals surface area (Å²) < 4.78 is 6.74. The monoisotopic (exact) mass is 489 g/mol. The second-order valence-electron chi connectivity index (χ2n) is 9.56. The van der Waals surface area contributed by atoms with Crippen LogP contribution in [0.25, 0.3) is 10.9 Å². The number of ether oxygens (including phenoxy) is 1. The molecule has 0 radical (unpaired) electrons. The van der Waals surface area contributed by atoms with E-state index < -0.39 is 0 Å². The van der Waals surface area contributed by atoms with E-state index in [4.69, 9.17) is 4.74 Å². The highest BCUT2D eigenvalue weighted by atomic mass is 35.5. The van der Waals surface area contributed by atoms with Crippen LogP contribution in [-0.2, 0) is 9.53 Å². The first-order chi connectivity index (χ1) is 15.9. The maximum atomic E-state index is 13.2. The Morgan fingerprint density at radius 3 is 2.47 bits per heavy atom. The molecule has 2 bridgehead atoms. The van der Waals surface area contributed by atoms with Gasteiger partial charge in [-0.1, -0.05) is 18.2 Å². The molecule has 7 nitrogen and oxygen atoms in total. The van der Waals surface area contributed by atoms with Crippen molar-refractivity contribution in [3.8, 4) is 0 Å². The average molecular weight is 490 g/mol. The van der Waals surface area contributed by atoms with Gasteiger partial charge < -0.3 is 14.6 Å². The van der Waals surface area contributed by atoms with Crippen LogP contribution in [-0.4, -0.2) is 52.6 Å². The van der Waals surface area contributed by atoms with E-state index in [0.29, 0.717) is 25.1 Å². The molecule has 34 heavy (non-hydrogen) atoms. The Bertz CT molecular complexity index is 1070. The normalized spacial score (nSPS) is 21.9. The molecule has 2 atom stereocenters. The minimum atomic E-state index is -0.277. The topological polar surface area (TPSA) is 80.6 Å². The number of carbonyl (C=O) groups excluding carboxylic acids is 2. The van der Waals surface area contributed by atoms with E-state index in [1.165, 1.54) is 0 Å². The second kappa shape index (κ2) is 11.4. The Balaban J connectivity index is 0.00000324. The highest BCUT2D eigenvalue weighted by molar-refractivity contribution is 5.97. The first-order valence-corrected chi connectivity index (χ1v) is 12.3. The largest absolute Gasteiger partial charge is 0.466 e. The van der Waals surface area contributed by atoms with Gasteiger partial charge in [-0.05, 0) is 76.9 Å². The molecule has 4 rings (SSSR count). The van der Waals surface area contributed by atoms with Gasteiger partial charge in [0.2, 0.25) is 0 Å². The number of benzene rings is 1. The van der Waals surface area contributed by atoms with Crippen molar-refractivity contribution in [1.82, 2.24) is 14.8 Å². The van der Waals surface area contributed by atoms with E-state index in [1.807, 2.05) is 45.0 Å². The van der Waals surface area contributed by atoms with Gasteiger partial charge in [0.05, 0.1) is 12.1 Å². The molecule has 0 spiro atoms. The zero-order valence-electron chi connectivity index (χ0n) is 20.3. The fraction of sp³-hybridized carbons (Fsp3) is 0.577. The number of nitrogens with one attached hydrogen (secondary N) is 1. The first kappa shape index (κ1) is 26.2. The average Bonchev–Trinajstić information content (AvgIpc) is 3.01. The maximum absolute atomic E-state index is 13.2. The molecule has 1 amide bonds. The fourth-order valence-electron chi connectivity index (χ4n) is 5.62. The van der Waals surface area contributed by atoms with Gasteiger partial charge in [0.25, 0.3) is 11.5 Å². The standard InChI is InChI=1S/C26H35N3O4.ClH/c1-4-33-24(30)10-7-13-28-20-11-12-21(28)16-19(15-20)27-25(31)22-14-18-8-5-6-9-23(18)29(17(2)3)26(22)32;/h5-6,8-9,14,17,19-21H,4,7,10-13,15-16H2,1-3H3,(H,27,31);1H. The molecular weight excluding hydrogens is 454 g/mol. The Kier molecular flexibility index (Phi) is 8.77. The maximum Gasteiger partial charge on any atom is 0.305 e. The molecule has 2 unspecified atom stereocenters. The number of pyridine rings is 1. The molecule has 1 N–H and O–H groups in total. The van der Waals surface area contributed by atoms with Crippen LogP contribution in [0.5, 0.6) is 0 Å². The van der Waals surface area contributed by atoms with Crippen molar-refractivity contribution < 1.29 is 14.3 Å². The van der Waals surface area contributed by atoms with Crippen LogP contribution < -0.4 is 10.9 Å². The van der Waals surface area contributed by atoms with Crippen LogP contribution in [0, 0.1) is 0 Å². The number of hydrogen-bond donors (Lipinski definition) is 1. The van der Waals surface area contributed by atoms with Gasteiger partial charge in [0, 0.05) is 30.6 Å². The summed E-state index contributed by atoms with van der Waals surface area (Å²) in [5.74, 6) is -0.408. The number of hydrogen-bond acceptors (Lipinski definition) is 5. The lowest BCUT2D eigenvalue weighted by molar-refractivity contribution is -0.143. The lowest BCUT2D eigenvalue weighted by atomic mass is 9.96. The third-order valence-corrected chi connectivity index (χ3v) is 7.03. The van der Waals surface area contributed by atoms with Crippen LogP contribution in [0.2, 0.25) is 0 Å². The SMILES string of the molecule is CCOC(=O)CCCN1C2CCC1CC(NC(=O)c1cc3ccccc3n(C(C)C)c1=O)C2.Cl. The zero-order valence-corrected chi connectivity index (χ0v) is 21.1. The van der Waals surface area contributed by atoms with E-state index in [2.05, 4.69) is 10.2 Å². The van der Waals surface area contributed by atoms with E-state index >= 15 is 0 Å². The second-order valence-corrected chi connectivity index (χ2v) is 9.56. The molecule has 186 valence electrons. The minimum Gasteiger partial charge on any atom is -0.466 e. The van der Waals surface area contributed by atoms with Crippen LogP contribution >= 0.6 is 12.4 Å². The van der Waals surface area contributed by atoms with Gasteiger partial charge in [-0.15, -0.1) is 12.4 Å². The lowest BCUT2D eigenvalue weighted by Crippen LogP contribution is -2.51. The third kappa shape index (κ3) is 5.47. The summed E-state index contributed by atoms with van der Waals surface area (Å²) in [6, 6.07) is 10.3. The summed E-state index contributed by atoms with van der Waals surface area (Å²) in [7, 11) is 0. The summed E-state index contributed by atoms with van der Waals surface area (Å²) in [6.45, 7) is 7.07. The number of nitrogens with zero attached hydrogens (tertiary/aromatic N) is 2. The third-order valence-electron chi connectivity index (χ3n) is 7.03. The summed E-state index contributed by atoms with van der Waals surface area (Å²) in [5.41, 5.74) is 0.829. The van der Waals surface area contributed by atoms with E-state index in [1.54, 1.807) is 10.6 Å². The molecule has 2 aliphatic rings. The summed E-state index contributed by atoms with van der Waals surface area (Å²) in [6.07, 6.45) is 5.25. The summed E-state index contributed by atoms with van der Waals surface area (Å²) in [4.78, 5) is 40.5. The predicted octanol–water partition coefficient (Wildman–Crippen LogP) is 4.07. The van der Waals surface area contributed by atoms with Crippen molar-refractivity contribution in [2.45, 2.75) is 83.5 Å². The van der Waals surface area contributed by atoms with E-state index in [0.717, 1.165) is 49.6 Å². The number of fused-ring (bicyclic) bond motifs is 3. The molecular formula is C26H36ClN3O4. The molecule has 0 saturated carbocycles. The fourth-order valence-corrected chi connectivity index (χ4v) is 5.62. The van der Waals surface area contributed by atoms with E-state index in [-0.39, 0.29) is 47.5 Å². The molecule has 3 heterocycles. The quantitative estimate of drug-likeness (QED) is 0.565. The Hall–Kier alpha value is -2.38. The van der Waals surface area contributed by atoms with Crippen LogP contribution in [0.4, 0.5) is 0 Å². The van der Waals surface area contributed by atoms with Gasteiger partial charge in [-0.25, -0.2) is 0 Å². The Morgan fingerprint density at radius 1 is 1.15 bits per heavy atom. The predicted molar refractivity (Wildman–Crippen MR) is 136 cm³/mol. The number of halogens is 1. The zero-order chi connectivity index (χ0) is 23.5. The smallest absolute Gasteiger partial charge is 0.305 e. The molecule has 2 aliphatic heterocycles. The minimum absolute atomic E-state index is 0. The number of aromatic nitrogens is 1. The van der Waals surface area contributed by atoms with Crippen molar-refractivity contribution in [2.75, 3.05) is 13.2 Å². The number of amides is 1. The molecule has 1 aromatic carbocycles. The Morgan fingerprint density at radius 2 is 1.82 bits per heavy atom. The molecule has 2 fully saturated rings. The van der Waals surface area contributed by atoms with Crippen molar-refractivity contribution in [3.63, 3.8) is 0 Å². The van der Waals surface area contributed by atoms with Crippen molar-refractivity contribution in [1.29, 1.82) is 0 Å². The Labute approximate surface area is 207 Å². The lowest BCUT2D eigenvalue weighted by Gasteiger charge is -2.39. The van der Waals surface area contributed by atoms with Gasteiger partial charge in [-0.2, -0.15) is 0 Å². The summed E-state index contributed by atoms with van der Waals surface area (Å²) >= 11 is 0. The number of para-hydroxylation sites is 1. The molecule has 8 heteroatoms. The molecule has 1 aromatic heterocycles. The van der Waals surface area contributed by atoms with E-state index in [9.17, 15) is 14.4 Å². The molecule has 2 aromatic rings. The number of esters is 1. The van der Waals surface area contributed by atoms with Crippen molar-refractivity contribution >= 4 is 35.2 Å². The highest BCUT2D eigenvalue weighted by Crippen LogP contribution is 2.36. The van der Waals surface area contributed by atoms with Crippen LogP contribution in [0.15, 0.2) is 35.1 Å². The molecule has 2 saturated heterocycles. The van der Waals surface area contributed by atoms with Crippen LogP contribution in [0.1, 0.15) is 75.7 Å². The van der Waals surface area contributed by atoms with Gasteiger partial charge in [0.1, 0.15) is 5.56 Å². The number of rotatable bonds is 8. The summed E-state index contributed by atoms with van der Waals surface area (Å²) in [5, 5.41) is 4.06. The number of carbonyl (C=O) groups is 2.